The normalized spacial score (nSPS) is 22.5. The molecule has 0 aromatic rings. The summed E-state index contributed by atoms with van der Waals surface area (Å²) in [5.41, 5.74) is 0. The van der Waals surface area contributed by atoms with Gasteiger partial charge >= 0.3 is 0 Å². The quantitative estimate of drug-likeness (QED) is 0.527. The minimum atomic E-state index is 1.10. The molecule has 142 valence electrons. The van der Waals surface area contributed by atoms with E-state index >= 15 is 0 Å². The summed E-state index contributed by atoms with van der Waals surface area (Å²) in [4.78, 5) is 7.20. The molecule has 0 spiro atoms. The molecular formula is C17H39N7. The van der Waals surface area contributed by atoms with Crippen LogP contribution in [0.3, 0.4) is 0 Å². The van der Waals surface area contributed by atoms with Gasteiger partial charge in [0.2, 0.25) is 0 Å². The van der Waals surface area contributed by atoms with E-state index in [2.05, 4.69) is 51.8 Å². The van der Waals surface area contributed by atoms with E-state index in [9.17, 15) is 0 Å². The molecule has 3 N–H and O–H groups in total. The first-order valence-corrected chi connectivity index (χ1v) is 9.08. The predicted octanol–water partition coefficient (Wildman–Crippen LogP) is -0.906. The standard InChI is InChI=1S/C9H21N3.C6H15N3.C2H3N/c1-10-4-6-11(2)8-9-12(3)7-5-10;1-2-8-5-6-9-4-3-7-1;1-2-3/h4-9H2,1-3H3;7-9H,1-6H2;1H3. The predicted molar refractivity (Wildman–Crippen MR) is 102 cm³/mol. The Morgan fingerprint density at radius 2 is 0.750 bits per heavy atom. The highest BCUT2D eigenvalue weighted by Gasteiger charge is 2.08. The summed E-state index contributed by atoms with van der Waals surface area (Å²) in [6, 6.07) is 1.75. The number of hydrogen-bond acceptors (Lipinski definition) is 7. The lowest BCUT2D eigenvalue weighted by atomic mass is 10.5. The Labute approximate surface area is 149 Å². The van der Waals surface area contributed by atoms with Gasteiger partial charge in [0.15, 0.2) is 0 Å². The molecule has 0 bridgehead atoms. The average molecular weight is 342 g/mol. The molecular weight excluding hydrogens is 302 g/mol. The minimum Gasteiger partial charge on any atom is -0.314 e. The number of nitrogens with one attached hydrogen (secondary N) is 3. The molecule has 2 aliphatic rings. The van der Waals surface area contributed by atoms with Gasteiger partial charge in [-0.3, -0.25) is 0 Å². The maximum absolute atomic E-state index is 7.32. The minimum absolute atomic E-state index is 1.10. The van der Waals surface area contributed by atoms with E-state index in [1.807, 2.05) is 0 Å². The molecule has 0 unspecified atom stereocenters. The highest BCUT2D eigenvalue weighted by atomic mass is 15.2. The van der Waals surface area contributed by atoms with E-state index in [0.717, 1.165) is 39.3 Å². The van der Waals surface area contributed by atoms with Gasteiger partial charge in [0.1, 0.15) is 0 Å². The summed E-state index contributed by atoms with van der Waals surface area (Å²) in [5.74, 6) is 0. The Bertz CT molecular complexity index is 242. The van der Waals surface area contributed by atoms with Crippen LogP contribution in [-0.4, -0.2) is 114 Å². The molecule has 2 saturated heterocycles. The molecule has 2 rings (SSSR count). The third-order valence-electron chi connectivity index (χ3n) is 4.03. The van der Waals surface area contributed by atoms with Crippen molar-refractivity contribution in [3.05, 3.63) is 0 Å². The number of nitrogens with zero attached hydrogens (tertiary/aromatic N) is 4. The second-order valence-corrected chi connectivity index (χ2v) is 6.38. The number of nitriles is 1. The van der Waals surface area contributed by atoms with E-state index in [1.54, 1.807) is 6.07 Å². The van der Waals surface area contributed by atoms with E-state index in [0.29, 0.717) is 0 Å². The Balaban J connectivity index is 0.000000390. The summed E-state index contributed by atoms with van der Waals surface area (Å²) in [5, 5.41) is 17.2. The zero-order valence-electron chi connectivity index (χ0n) is 16.3. The Kier molecular flexibility index (Phi) is 16.6. The van der Waals surface area contributed by atoms with Crippen LogP contribution < -0.4 is 16.0 Å². The summed E-state index contributed by atoms with van der Waals surface area (Å²) < 4.78 is 0. The van der Waals surface area contributed by atoms with Gasteiger partial charge in [0, 0.05) is 85.5 Å². The number of hydrogen-bond donors (Lipinski definition) is 3. The maximum atomic E-state index is 7.32. The van der Waals surface area contributed by atoms with Crippen LogP contribution in [0.15, 0.2) is 0 Å². The van der Waals surface area contributed by atoms with Gasteiger partial charge in [-0.25, -0.2) is 0 Å². The lowest BCUT2D eigenvalue weighted by molar-refractivity contribution is 0.277. The summed E-state index contributed by atoms with van der Waals surface area (Å²) in [7, 11) is 6.60. The zero-order valence-corrected chi connectivity index (χ0v) is 16.3. The Hall–Kier alpha value is -0.750. The van der Waals surface area contributed by atoms with Crippen molar-refractivity contribution in [3.8, 4) is 6.07 Å². The number of likely N-dealkylation sites (N-methyl/N-ethyl adjacent to an activating group) is 3. The van der Waals surface area contributed by atoms with Gasteiger partial charge in [0.05, 0.1) is 6.07 Å². The third kappa shape index (κ3) is 16.1. The van der Waals surface area contributed by atoms with Crippen LogP contribution in [0.5, 0.6) is 0 Å². The number of rotatable bonds is 0. The molecule has 0 aromatic heterocycles. The van der Waals surface area contributed by atoms with Gasteiger partial charge in [-0.15, -0.1) is 0 Å². The van der Waals surface area contributed by atoms with Gasteiger partial charge in [-0.2, -0.15) is 5.26 Å². The molecule has 0 aliphatic carbocycles. The summed E-state index contributed by atoms with van der Waals surface area (Å²) in [6.45, 7) is 15.2. The van der Waals surface area contributed by atoms with Crippen LogP contribution in [0, 0.1) is 11.3 Å². The van der Waals surface area contributed by atoms with E-state index in [4.69, 9.17) is 5.26 Å². The van der Waals surface area contributed by atoms with Gasteiger partial charge in [0.25, 0.3) is 0 Å². The first-order valence-electron chi connectivity index (χ1n) is 9.08. The molecule has 0 aromatic carbocycles. The first-order chi connectivity index (χ1) is 11.6. The smallest absolute Gasteiger partial charge is 0.0587 e. The summed E-state index contributed by atoms with van der Waals surface area (Å²) >= 11 is 0. The molecule has 0 amide bonds. The Morgan fingerprint density at radius 3 is 0.917 bits per heavy atom. The fraction of sp³-hybridized carbons (Fsp3) is 0.941. The lowest BCUT2D eigenvalue weighted by Crippen LogP contribution is -2.31. The molecule has 2 aliphatic heterocycles. The van der Waals surface area contributed by atoms with Crippen molar-refractivity contribution >= 4 is 0 Å². The van der Waals surface area contributed by atoms with Crippen molar-refractivity contribution in [1.82, 2.24) is 30.7 Å². The van der Waals surface area contributed by atoms with Crippen LogP contribution in [0.4, 0.5) is 0 Å². The zero-order chi connectivity index (χ0) is 18.0. The van der Waals surface area contributed by atoms with Crippen molar-refractivity contribution in [3.63, 3.8) is 0 Å². The SMILES string of the molecule is C1CNCCNCCN1.CC#N.CN1CCN(C)CCN(C)CC1. The van der Waals surface area contributed by atoms with Crippen LogP contribution in [0.2, 0.25) is 0 Å². The third-order valence-corrected chi connectivity index (χ3v) is 4.03. The molecule has 2 heterocycles. The van der Waals surface area contributed by atoms with E-state index in [1.165, 1.54) is 46.2 Å². The topological polar surface area (TPSA) is 69.6 Å². The molecule has 24 heavy (non-hydrogen) atoms. The molecule has 0 saturated carbocycles. The fourth-order valence-corrected chi connectivity index (χ4v) is 2.27. The highest BCUT2D eigenvalue weighted by Crippen LogP contribution is 1.93. The second-order valence-electron chi connectivity index (χ2n) is 6.38. The van der Waals surface area contributed by atoms with Gasteiger partial charge < -0.3 is 30.7 Å². The maximum Gasteiger partial charge on any atom is 0.0587 e. The van der Waals surface area contributed by atoms with Crippen molar-refractivity contribution in [2.75, 3.05) is 99.7 Å². The first kappa shape index (κ1) is 23.2. The Morgan fingerprint density at radius 1 is 0.583 bits per heavy atom. The van der Waals surface area contributed by atoms with Crippen molar-refractivity contribution in [2.24, 2.45) is 0 Å². The summed E-state index contributed by atoms with van der Waals surface area (Å²) in [6.07, 6.45) is 0. The monoisotopic (exact) mass is 341 g/mol. The second kappa shape index (κ2) is 17.1. The molecule has 7 heteroatoms. The largest absolute Gasteiger partial charge is 0.314 e. The van der Waals surface area contributed by atoms with Crippen molar-refractivity contribution in [1.29, 1.82) is 5.26 Å². The molecule has 2 fully saturated rings. The van der Waals surface area contributed by atoms with Crippen LogP contribution in [0.25, 0.3) is 0 Å². The molecule has 0 atom stereocenters. The average Bonchev–Trinajstić information content (AvgIpc) is 2.76. The highest BCUT2D eigenvalue weighted by molar-refractivity contribution is 4.65. The molecule has 7 nitrogen and oxygen atoms in total. The van der Waals surface area contributed by atoms with Crippen molar-refractivity contribution < 1.29 is 0 Å². The van der Waals surface area contributed by atoms with Crippen molar-refractivity contribution in [2.45, 2.75) is 6.92 Å². The van der Waals surface area contributed by atoms with E-state index in [-0.39, 0.29) is 0 Å². The van der Waals surface area contributed by atoms with E-state index < -0.39 is 0 Å². The molecule has 0 radical (unpaired) electrons. The van der Waals surface area contributed by atoms with Crippen LogP contribution in [-0.2, 0) is 0 Å². The van der Waals surface area contributed by atoms with Crippen LogP contribution >= 0.6 is 0 Å². The lowest BCUT2D eigenvalue weighted by Gasteiger charge is -2.18. The van der Waals surface area contributed by atoms with Gasteiger partial charge in [-0.1, -0.05) is 0 Å². The fourth-order valence-electron chi connectivity index (χ4n) is 2.27. The van der Waals surface area contributed by atoms with Crippen LogP contribution in [0.1, 0.15) is 6.92 Å². The van der Waals surface area contributed by atoms with Gasteiger partial charge in [-0.05, 0) is 21.1 Å².